The average molecular weight is 305 g/mol. The molecule has 0 aromatic rings. The maximum atomic E-state index is 12.0. The van der Waals surface area contributed by atoms with Gasteiger partial charge in [0.25, 0.3) is 0 Å². The number of hydrogen-bond donors (Lipinski definition) is 1. The van der Waals surface area contributed by atoms with Gasteiger partial charge in [0.05, 0.1) is 13.0 Å². The first-order valence-electron chi connectivity index (χ1n) is 6.89. The van der Waals surface area contributed by atoms with Crippen LogP contribution in [0, 0.1) is 0 Å². The summed E-state index contributed by atoms with van der Waals surface area (Å²) in [6.07, 6.45) is 1.47. The van der Waals surface area contributed by atoms with Gasteiger partial charge in [-0.2, -0.15) is 0 Å². The maximum absolute atomic E-state index is 12.0. The van der Waals surface area contributed by atoms with Gasteiger partial charge in [-0.05, 0) is 12.8 Å². The third kappa shape index (κ3) is 5.00. The molecular weight excluding hydrogens is 284 g/mol. The molecule has 114 valence electrons. The molecule has 0 spiro atoms. The van der Waals surface area contributed by atoms with Crippen LogP contribution in [0.15, 0.2) is 0 Å². The molecule has 0 radical (unpaired) electrons. The van der Waals surface area contributed by atoms with Crippen molar-refractivity contribution in [1.82, 2.24) is 10.2 Å². The number of rotatable bonds is 7. The summed E-state index contributed by atoms with van der Waals surface area (Å²) in [6, 6.07) is -0.768. The fourth-order valence-electron chi connectivity index (χ4n) is 2.01. The number of halogens is 1. The minimum Gasteiger partial charge on any atom is -0.466 e. The van der Waals surface area contributed by atoms with Crippen LogP contribution in [-0.4, -0.2) is 54.3 Å². The minimum atomic E-state index is -0.768. The smallest absolute Gasteiger partial charge is 0.308 e. The molecule has 20 heavy (non-hydrogen) atoms. The van der Waals surface area contributed by atoms with E-state index in [0.717, 1.165) is 6.42 Å². The lowest BCUT2D eigenvalue weighted by Crippen LogP contribution is -2.57. The Morgan fingerprint density at radius 3 is 2.90 bits per heavy atom. The molecule has 0 aromatic heterocycles. The molecule has 1 aliphatic heterocycles. The molecule has 1 saturated heterocycles. The van der Waals surface area contributed by atoms with Crippen LogP contribution in [0.1, 0.15) is 32.6 Å². The summed E-state index contributed by atoms with van der Waals surface area (Å²) in [4.78, 5) is 37.0. The molecule has 1 rings (SSSR count). The lowest BCUT2D eigenvalue weighted by Gasteiger charge is -2.34. The molecular formula is C13H21ClN2O4. The molecule has 1 atom stereocenters. The molecule has 6 nitrogen and oxygen atoms in total. The maximum Gasteiger partial charge on any atom is 0.308 e. The number of esters is 1. The highest BCUT2D eigenvalue weighted by Crippen LogP contribution is 2.12. The SMILES string of the molecule is CCCOC(=O)CC1C(=O)NCCN1C(=O)CCCCl. The van der Waals surface area contributed by atoms with E-state index in [9.17, 15) is 14.4 Å². The van der Waals surface area contributed by atoms with Crippen LogP contribution in [0.4, 0.5) is 0 Å². The normalized spacial score (nSPS) is 18.6. The second kappa shape index (κ2) is 8.79. The summed E-state index contributed by atoms with van der Waals surface area (Å²) in [5.74, 6) is -0.503. The highest BCUT2D eigenvalue weighted by atomic mass is 35.5. The van der Waals surface area contributed by atoms with Crippen molar-refractivity contribution < 1.29 is 19.1 Å². The molecule has 0 saturated carbocycles. The van der Waals surface area contributed by atoms with Crippen LogP contribution in [0.5, 0.6) is 0 Å². The van der Waals surface area contributed by atoms with Crippen LogP contribution in [0.3, 0.4) is 0 Å². The highest BCUT2D eigenvalue weighted by Gasteiger charge is 2.34. The summed E-state index contributed by atoms with van der Waals surface area (Å²) in [5.41, 5.74) is 0. The van der Waals surface area contributed by atoms with Crippen molar-refractivity contribution >= 4 is 29.4 Å². The van der Waals surface area contributed by atoms with Gasteiger partial charge in [0.2, 0.25) is 11.8 Å². The number of nitrogens with one attached hydrogen (secondary N) is 1. The first kappa shape index (κ1) is 16.8. The Labute approximate surface area is 123 Å². The van der Waals surface area contributed by atoms with E-state index in [1.54, 1.807) is 0 Å². The van der Waals surface area contributed by atoms with Gasteiger partial charge >= 0.3 is 5.97 Å². The van der Waals surface area contributed by atoms with Crippen molar-refractivity contribution in [2.75, 3.05) is 25.6 Å². The number of nitrogens with zero attached hydrogens (tertiary/aromatic N) is 1. The van der Waals surface area contributed by atoms with E-state index in [-0.39, 0.29) is 24.7 Å². The van der Waals surface area contributed by atoms with Crippen molar-refractivity contribution in [3.8, 4) is 0 Å². The van der Waals surface area contributed by atoms with Crippen LogP contribution in [0.2, 0.25) is 0 Å². The summed E-state index contributed by atoms with van der Waals surface area (Å²) in [6.45, 7) is 3.04. The Hall–Kier alpha value is -1.30. The average Bonchev–Trinajstić information content (AvgIpc) is 2.44. The van der Waals surface area contributed by atoms with Crippen LogP contribution < -0.4 is 5.32 Å². The van der Waals surface area contributed by atoms with Crippen molar-refractivity contribution in [3.05, 3.63) is 0 Å². The van der Waals surface area contributed by atoms with Gasteiger partial charge in [0.1, 0.15) is 6.04 Å². The second-order valence-electron chi connectivity index (χ2n) is 4.61. The van der Waals surface area contributed by atoms with E-state index in [4.69, 9.17) is 16.3 Å². The van der Waals surface area contributed by atoms with Gasteiger partial charge < -0.3 is 15.0 Å². The summed E-state index contributed by atoms with van der Waals surface area (Å²) in [5, 5.41) is 2.67. The summed E-state index contributed by atoms with van der Waals surface area (Å²) >= 11 is 5.57. The zero-order valence-corrected chi connectivity index (χ0v) is 12.4. The lowest BCUT2D eigenvalue weighted by atomic mass is 10.1. The Morgan fingerprint density at radius 1 is 1.50 bits per heavy atom. The Kier molecular flexibility index (Phi) is 7.36. The van der Waals surface area contributed by atoms with E-state index in [2.05, 4.69) is 5.32 Å². The number of alkyl halides is 1. The predicted octanol–water partition coefficient (Wildman–Crippen LogP) is 0.676. The van der Waals surface area contributed by atoms with Gasteiger partial charge in [-0.15, -0.1) is 11.6 Å². The number of piperazine rings is 1. The summed E-state index contributed by atoms with van der Waals surface area (Å²) < 4.78 is 4.97. The fraction of sp³-hybridized carbons (Fsp3) is 0.769. The molecule has 0 aliphatic carbocycles. The first-order valence-corrected chi connectivity index (χ1v) is 7.42. The fourth-order valence-corrected chi connectivity index (χ4v) is 2.14. The molecule has 1 N–H and O–H groups in total. The third-order valence-corrected chi connectivity index (χ3v) is 3.27. The van der Waals surface area contributed by atoms with E-state index < -0.39 is 12.0 Å². The molecule has 0 aromatic carbocycles. The Bertz CT molecular complexity index is 362. The standard InChI is InChI=1S/C13H21ClN2O4/c1-2-8-20-12(18)9-10-13(19)15-6-7-16(10)11(17)4-3-5-14/h10H,2-9H2,1H3,(H,15,19). The second-order valence-corrected chi connectivity index (χ2v) is 4.99. The van der Waals surface area contributed by atoms with E-state index in [1.165, 1.54) is 4.90 Å². The lowest BCUT2D eigenvalue weighted by molar-refractivity contribution is -0.151. The monoisotopic (exact) mass is 304 g/mol. The van der Waals surface area contributed by atoms with E-state index in [0.29, 0.717) is 32.0 Å². The highest BCUT2D eigenvalue weighted by molar-refractivity contribution is 6.17. The third-order valence-electron chi connectivity index (χ3n) is 3.00. The molecule has 1 aliphatic rings. The minimum absolute atomic E-state index is 0.0988. The first-order chi connectivity index (χ1) is 9.60. The Morgan fingerprint density at radius 2 is 2.25 bits per heavy atom. The Balaban J connectivity index is 2.62. The zero-order chi connectivity index (χ0) is 15.0. The number of hydrogen-bond acceptors (Lipinski definition) is 4. The van der Waals surface area contributed by atoms with E-state index >= 15 is 0 Å². The van der Waals surface area contributed by atoms with Gasteiger partial charge in [0.15, 0.2) is 0 Å². The van der Waals surface area contributed by atoms with Crippen molar-refractivity contribution in [3.63, 3.8) is 0 Å². The predicted molar refractivity (Wildman–Crippen MR) is 74.3 cm³/mol. The topological polar surface area (TPSA) is 75.7 Å². The van der Waals surface area contributed by atoms with Crippen molar-refractivity contribution in [2.24, 2.45) is 0 Å². The van der Waals surface area contributed by atoms with Gasteiger partial charge in [-0.1, -0.05) is 6.92 Å². The quantitative estimate of drug-likeness (QED) is 0.554. The van der Waals surface area contributed by atoms with Crippen LogP contribution >= 0.6 is 11.6 Å². The summed E-state index contributed by atoms with van der Waals surface area (Å²) in [7, 11) is 0. The molecule has 2 amide bonds. The largest absolute Gasteiger partial charge is 0.466 e. The van der Waals surface area contributed by atoms with Gasteiger partial charge in [-0.3, -0.25) is 14.4 Å². The number of ether oxygens (including phenoxy) is 1. The van der Waals surface area contributed by atoms with Crippen molar-refractivity contribution in [1.29, 1.82) is 0 Å². The van der Waals surface area contributed by atoms with Gasteiger partial charge in [0, 0.05) is 25.4 Å². The van der Waals surface area contributed by atoms with E-state index in [1.807, 2.05) is 6.92 Å². The zero-order valence-electron chi connectivity index (χ0n) is 11.7. The molecule has 1 heterocycles. The molecule has 0 bridgehead atoms. The van der Waals surface area contributed by atoms with Crippen LogP contribution in [0.25, 0.3) is 0 Å². The number of carbonyl (C=O) groups is 3. The van der Waals surface area contributed by atoms with Crippen molar-refractivity contribution in [2.45, 2.75) is 38.6 Å². The van der Waals surface area contributed by atoms with Crippen LogP contribution in [-0.2, 0) is 19.1 Å². The number of carbonyl (C=O) groups excluding carboxylic acids is 3. The molecule has 1 fully saturated rings. The van der Waals surface area contributed by atoms with Gasteiger partial charge in [-0.25, -0.2) is 0 Å². The number of amides is 2. The molecule has 7 heteroatoms. The molecule has 1 unspecified atom stereocenters.